The monoisotopic (exact) mass is 475 g/mol. The summed E-state index contributed by atoms with van der Waals surface area (Å²) in [6, 6.07) is 15.8. The van der Waals surface area contributed by atoms with Crippen molar-refractivity contribution in [2.24, 2.45) is 0 Å². The van der Waals surface area contributed by atoms with Crippen LogP contribution in [0.25, 0.3) is 22.4 Å². The van der Waals surface area contributed by atoms with Gasteiger partial charge in [0.05, 0.1) is 22.3 Å². The number of benzene rings is 2. The Balaban J connectivity index is 1.53. The fourth-order valence-corrected chi connectivity index (χ4v) is 5.65. The van der Waals surface area contributed by atoms with Crippen molar-refractivity contribution in [3.8, 4) is 5.69 Å². The van der Waals surface area contributed by atoms with Crippen molar-refractivity contribution in [2.45, 2.75) is 56.6 Å². The van der Waals surface area contributed by atoms with Crippen LogP contribution >= 0.6 is 11.8 Å². The van der Waals surface area contributed by atoms with E-state index in [2.05, 4.69) is 17.1 Å². The number of hydrogen-bond donors (Lipinski definition) is 0. The van der Waals surface area contributed by atoms with Crippen LogP contribution in [0.5, 0.6) is 0 Å². The second kappa shape index (κ2) is 9.62. The molecule has 1 aliphatic carbocycles. The number of carbonyl (C=O) groups excluding carboxylic acids is 1. The Morgan fingerprint density at radius 3 is 2.53 bits per heavy atom. The van der Waals surface area contributed by atoms with Crippen LogP contribution in [0.4, 0.5) is 0 Å². The predicted molar refractivity (Wildman–Crippen MR) is 136 cm³/mol. The number of hydrogen-bond acceptors (Lipinski definition) is 5. The summed E-state index contributed by atoms with van der Waals surface area (Å²) >= 11 is 1.37. The second-order valence-corrected chi connectivity index (χ2v) is 9.82. The summed E-state index contributed by atoms with van der Waals surface area (Å²) in [6.07, 6.45) is 6.72. The smallest absolute Gasteiger partial charge is 0.267 e. The van der Waals surface area contributed by atoms with Gasteiger partial charge in [0.2, 0.25) is 11.7 Å². The van der Waals surface area contributed by atoms with Gasteiger partial charge in [-0.15, -0.1) is 10.2 Å². The first-order valence-corrected chi connectivity index (χ1v) is 12.9. The van der Waals surface area contributed by atoms with Crippen LogP contribution in [0.15, 0.2) is 58.5 Å². The van der Waals surface area contributed by atoms with Crippen LogP contribution in [-0.4, -0.2) is 48.8 Å². The molecule has 5 rings (SSSR count). The van der Waals surface area contributed by atoms with Crippen LogP contribution in [0.1, 0.15) is 44.6 Å². The summed E-state index contributed by atoms with van der Waals surface area (Å²) in [5.74, 6) is 0.830. The van der Waals surface area contributed by atoms with Gasteiger partial charge in [0.1, 0.15) is 0 Å². The molecule has 1 fully saturated rings. The van der Waals surface area contributed by atoms with E-state index in [1.807, 2.05) is 64.9 Å². The van der Waals surface area contributed by atoms with Gasteiger partial charge in [0, 0.05) is 13.1 Å². The number of amides is 1. The molecule has 4 aromatic rings. The molecule has 0 N–H and O–H groups in total. The molecule has 0 radical (unpaired) electrons. The lowest BCUT2D eigenvalue weighted by molar-refractivity contribution is -0.129. The zero-order valence-corrected chi connectivity index (χ0v) is 20.4. The average molecular weight is 476 g/mol. The van der Waals surface area contributed by atoms with Gasteiger partial charge in [-0.2, -0.15) is 0 Å². The van der Waals surface area contributed by atoms with E-state index in [0.29, 0.717) is 22.4 Å². The Kier molecular flexibility index (Phi) is 6.41. The van der Waals surface area contributed by atoms with Crippen molar-refractivity contribution >= 4 is 34.3 Å². The molecule has 1 saturated carbocycles. The fraction of sp³-hybridized carbons (Fsp3) is 0.385. The zero-order valence-electron chi connectivity index (χ0n) is 19.6. The maximum Gasteiger partial charge on any atom is 0.267 e. The summed E-state index contributed by atoms with van der Waals surface area (Å²) in [4.78, 5) is 28.3. The Morgan fingerprint density at radius 2 is 1.79 bits per heavy atom. The lowest BCUT2D eigenvalue weighted by Gasteiger charge is -2.31. The molecule has 2 aromatic heterocycles. The molecule has 0 atom stereocenters. The Bertz CT molecular complexity index is 1390. The Labute approximate surface area is 202 Å². The molecule has 0 aliphatic heterocycles. The highest BCUT2D eigenvalue weighted by molar-refractivity contribution is 7.99. The number of aryl methyl sites for hydroxylation is 1. The third kappa shape index (κ3) is 4.11. The number of nitrogens with zero attached hydrogens (tertiary/aromatic N) is 5. The van der Waals surface area contributed by atoms with Gasteiger partial charge in [-0.05, 0) is 49.1 Å². The Morgan fingerprint density at radius 1 is 1.06 bits per heavy atom. The third-order valence-electron chi connectivity index (χ3n) is 6.84. The fourth-order valence-electron chi connectivity index (χ4n) is 4.79. The molecular formula is C26H29N5O2S. The standard InChI is InChI=1S/C26H29N5O2S/c1-3-18-13-15-20(16-14-18)30-24(33)21-11-7-8-12-22(21)31-25(30)27-28-26(31)34-17-23(32)29(2)19-9-5-4-6-10-19/h7-8,11-16,19H,3-6,9-10,17H2,1-2H3. The quantitative estimate of drug-likeness (QED) is 0.385. The minimum atomic E-state index is -0.135. The first-order chi connectivity index (χ1) is 16.6. The van der Waals surface area contributed by atoms with Crippen LogP contribution in [0.3, 0.4) is 0 Å². The molecule has 1 aliphatic rings. The molecular weight excluding hydrogens is 446 g/mol. The van der Waals surface area contributed by atoms with E-state index in [1.165, 1.54) is 36.6 Å². The van der Waals surface area contributed by atoms with E-state index in [0.717, 1.165) is 30.5 Å². The number of thioether (sulfide) groups is 1. The number of fused-ring (bicyclic) bond motifs is 3. The van der Waals surface area contributed by atoms with Gasteiger partial charge in [-0.25, -0.2) is 4.57 Å². The lowest BCUT2D eigenvalue weighted by Crippen LogP contribution is -2.39. The van der Waals surface area contributed by atoms with Crippen molar-refractivity contribution in [2.75, 3.05) is 12.8 Å². The molecule has 0 spiro atoms. The van der Waals surface area contributed by atoms with E-state index in [4.69, 9.17) is 0 Å². The summed E-state index contributed by atoms with van der Waals surface area (Å²) in [7, 11) is 1.91. The number of rotatable bonds is 6. The van der Waals surface area contributed by atoms with Crippen LogP contribution in [0.2, 0.25) is 0 Å². The summed E-state index contributed by atoms with van der Waals surface area (Å²) < 4.78 is 3.50. The molecule has 176 valence electrons. The predicted octanol–water partition coefficient (Wildman–Crippen LogP) is 4.48. The lowest BCUT2D eigenvalue weighted by atomic mass is 9.94. The van der Waals surface area contributed by atoms with E-state index in [1.54, 1.807) is 4.57 Å². The van der Waals surface area contributed by atoms with Crippen molar-refractivity contribution in [3.63, 3.8) is 0 Å². The number of aromatic nitrogens is 4. The second-order valence-electron chi connectivity index (χ2n) is 8.88. The van der Waals surface area contributed by atoms with Gasteiger partial charge in [-0.1, -0.05) is 62.2 Å². The van der Waals surface area contributed by atoms with Gasteiger partial charge >= 0.3 is 0 Å². The first kappa shape index (κ1) is 22.7. The first-order valence-electron chi connectivity index (χ1n) is 11.9. The van der Waals surface area contributed by atoms with Crippen LogP contribution in [-0.2, 0) is 11.2 Å². The van der Waals surface area contributed by atoms with Gasteiger partial charge in [0.25, 0.3) is 5.56 Å². The van der Waals surface area contributed by atoms with Crippen molar-refractivity contribution in [3.05, 3.63) is 64.4 Å². The minimum Gasteiger partial charge on any atom is -0.342 e. The van der Waals surface area contributed by atoms with E-state index in [9.17, 15) is 9.59 Å². The van der Waals surface area contributed by atoms with E-state index < -0.39 is 0 Å². The molecule has 1 amide bonds. The Hall–Kier alpha value is -3.13. The third-order valence-corrected chi connectivity index (χ3v) is 7.75. The highest BCUT2D eigenvalue weighted by Crippen LogP contribution is 2.25. The molecule has 0 bridgehead atoms. The maximum atomic E-state index is 13.5. The van der Waals surface area contributed by atoms with Gasteiger partial charge in [0.15, 0.2) is 5.16 Å². The topological polar surface area (TPSA) is 72.5 Å². The molecule has 34 heavy (non-hydrogen) atoms. The molecule has 0 unspecified atom stereocenters. The number of carbonyl (C=O) groups is 1. The largest absolute Gasteiger partial charge is 0.342 e. The normalized spacial score (nSPS) is 14.6. The van der Waals surface area contributed by atoms with E-state index >= 15 is 0 Å². The summed E-state index contributed by atoms with van der Waals surface area (Å²) in [5.41, 5.74) is 2.55. The van der Waals surface area contributed by atoms with Gasteiger partial charge < -0.3 is 4.90 Å². The molecule has 2 aromatic carbocycles. The zero-order chi connectivity index (χ0) is 23.7. The molecule has 8 heteroatoms. The van der Waals surface area contributed by atoms with Gasteiger partial charge in [-0.3, -0.25) is 14.0 Å². The van der Waals surface area contributed by atoms with Crippen molar-refractivity contribution < 1.29 is 4.79 Å². The molecule has 0 saturated heterocycles. The van der Waals surface area contributed by atoms with Crippen molar-refractivity contribution in [1.29, 1.82) is 0 Å². The molecule has 2 heterocycles. The number of para-hydroxylation sites is 1. The van der Waals surface area contributed by atoms with Crippen LogP contribution in [0, 0.1) is 0 Å². The minimum absolute atomic E-state index is 0.0985. The molecule has 7 nitrogen and oxygen atoms in total. The SMILES string of the molecule is CCc1ccc(-n2c(=O)c3ccccc3n3c(SCC(=O)N(C)C4CCCCC4)nnc23)cc1. The maximum absolute atomic E-state index is 13.5. The van der Waals surface area contributed by atoms with Crippen LogP contribution < -0.4 is 5.56 Å². The average Bonchev–Trinajstić information content (AvgIpc) is 3.31. The highest BCUT2D eigenvalue weighted by atomic mass is 32.2. The van der Waals surface area contributed by atoms with E-state index in [-0.39, 0.29) is 17.2 Å². The highest BCUT2D eigenvalue weighted by Gasteiger charge is 2.23. The summed E-state index contributed by atoms with van der Waals surface area (Å²) in [5, 5.41) is 9.98. The van der Waals surface area contributed by atoms with Crippen molar-refractivity contribution in [1.82, 2.24) is 24.1 Å². The summed E-state index contributed by atoms with van der Waals surface area (Å²) in [6.45, 7) is 2.10.